The number of imide groups is 1. The first-order valence-corrected chi connectivity index (χ1v) is 14.3. The van der Waals surface area contributed by atoms with Gasteiger partial charge in [-0.2, -0.15) is 0 Å². The first kappa shape index (κ1) is 25.2. The highest BCUT2D eigenvalue weighted by Gasteiger charge is 2.69. The number of rotatable bonds is 8. The smallest absolute Gasteiger partial charge is 0.344 e. The van der Waals surface area contributed by atoms with Crippen molar-refractivity contribution in [2.45, 2.75) is 36.0 Å². The van der Waals surface area contributed by atoms with E-state index in [1.54, 1.807) is 24.8 Å². The molecular formula is C26H26N2O8S2. The number of para-hydroxylation sites is 1. The van der Waals surface area contributed by atoms with Crippen molar-refractivity contribution in [3.05, 3.63) is 44.4 Å². The monoisotopic (exact) mass is 558 g/mol. The van der Waals surface area contributed by atoms with Crippen molar-refractivity contribution in [1.29, 1.82) is 0 Å². The molecule has 200 valence electrons. The standard InChI is InChI=1S/C26H26N2O8S2/c1-2-35-16(31)10-36-14-6-4-3-5-11(14)17-18-12-9-13(21(18)37-23-22(17)38-26(34)27-23)20-19(12)24(32)28(25(20)33)8-7-15(29)30/h3-6,12-13,17-21H,2,7-10H2,1H3,(H,27,34)(H,29,30)/t12?,13?,17-,18?,19?,20?,21?/m1/s1. The molecule has 2 aliphatic carbocycles. The highest BCUT2D eigenvalue weighted by molar-refractivity contribution is 8.00. The molecule has 0 radical (unpaired) electrons. The predicted octanol–water partition coefficient (Wildman–Crippen LogP) is 2.33. The summed E-state index contributed by atoms with van der Waals surface area (Å²) in [5.74, 6) is -2.97. The first-order valence-electron chi connectivity index (χ1n) is 12.6. The molecule has 1 aromatic heterocycles. The van der Waals surface area contributed by atoms with Gasteiger partial charge in [-0.25, -0.2) is 4.79 Å². The number of carboxylic acid groups (broad SMARTS) is 1. The Hall–Kier alpha value is -3.12. The fourth-order valence-corrected chi connectivity index (χ4v) is 9.94. The van der Waals surface area contributed by atoms with Gasteiger partial charge in [0, 0.05) is 28.2 Å². The zero-order chi connectivity index (χ0) is 26.7. The normalized spacial score (nSPS) is 30.7. The van der Waals surface area contributed by atoms with E-state index in [9.17, 15) is 24.0 Å². The molecule has 0 spiro atoms. The molecule has 10 nitrogen and oxygen atoms in total. The molecule has 6 rings (SSSR count). The number of ether oxygens (including phenoxy) is 2. The van der Waals surface area contributed by atoms with E-state index in [0.717, 1.165) is 38.1 Å². The van der Waals surface area contributed by atoms with E-state index in [0.29, 0.717) is 5.75 Å². The molecule has 38 heavy (non-hydrogen) atoms. The number of amides is 2. The maximum Gasteiger partial charge on any atom is 0.344 e. The molecule has 12 heteroatoms. The van der Waals surface area contributed by atoms with Gasteiger partial charge in [-0.3, -0.25) is 24.1 Å². The molecule has 3 fully saturated rings. The van der Waals surface area contributed by atoms with Gasteiger partial charge < -0.3 is 19.6 Å². The largest absolute Gasteiger partial charge is 0.482 e. The van der Waals surface area contributed by atoms with Gasteiger partial charge in [0.2, 0.25) is 11.8 Å². The van der Waals surface area contributed by atoms with Gasteiger partial charge in [-0.1, -0.05) is 29.5 Å². The summed E-state index contributed by atoms with van der Waals surface area (Å²) in [6.07, 6.45) is 0.448. The Bertz CT molecular complexity index is 1390. The van der Waals surface area contributed by atoms with Crippen LogP contribution in [0, 0.1) is 29.6 Å². The molecule has 7 atom stereocenters. The number of likely N-dealkylation sites (tertiary alicyclic amines) is 1. The number of aromatic amines is 1. The number of thiazole rings is 1. The second-order valence-electron chi connectivity index (χ2n) is 10.1. The van der Waals surface area contributed by atoms with Crippen LogP contribution in [0.1, 0.15) is 36.1 Å². The van der Waals surface area contributed by atoms with E-state index in [1.165, 1.54) is 0 Å². The third-order valence-electron chi connectivity index (χ3n) is 8.27. The summed E-state index contributed by atoms with van der Waals surface area (Å²) in [4.78, 5) is 67.2. The number of esters is 1. The van der Waals surface area contributed by atoms with Gasteiger partial charge in [-0.15, -0.1) is 11.8 Å². The van der Waals surface area contributed by atoms with Crippen LogP contribution in [0.25, 0.3) is 0 Å². The molecule has 2 N–H and O–H groups in total. The number of nitrogens with one attached hydrogen (secondary N) is 1. The fourth-order valence-electron chi connectivity index (χ4n) is 7.06. The number of aliphatic carboxylic acids is 1. The molecule has 2 amide bonds. The van der Waals surface area contributed by atoms with Gasteiger partial charge in [-0.05, 0) is 37.2 Å². The zero-order valence-corrected chi connectivity index (χ0v) is 22.1. The Kier molecular flexibility index (Phi) is 6.34. The van der Waals surface area contributed by atoms with Crippen LogP contribution in [0.15, 0.2) is 34.1 Å². The van der Waals surface area contributed by atoms with Gasteiger partial charge >= 0.3 is 16.8 Å². The SMILES string of the molecule is CCOC(=O)COc1ccccc1[C@H]1c2sc(=O)[nH]c2SC2C3CC(C4C(=O)N(CCC(=O)O)C(=O)C34)C21. The first-order chi connectivity index (χ1) is 18.3. The predicted molar refractivity (Wildman–Crippen MR) is 136 cm³/mol. The Morgan fingerprint density at radius 3 is 2.61 bits per heavy atom. The Morgan fingerprint density at radius 2 is 1.87 bits per heavy atom. The molecule has 6 unspecified atom stereocenters. The fraction of sp³-hybridized carbons (Fsp3) is 0.500. The van der Waals surface area contributed by atoms with Crippen LogP contribution in [0.5, 0.6) is 5.75 Å². The number of benzene rings is 1. The lowest BCUT2D eigenvalue weighted by molar-refractivity contribution is -0.146. The number of hydrogen-bond acceptors (Lipinski definition) is 9. The number of thioether (sulfide) groups is 1. The van der Waals surface area contributed by atoms with Crippen LogP contribution >= 0.6 is 23.1 Å². The highest BCUT2D eigenvalue weighted by Crippen LogP contribution is 2.69. The number of carboxylic acids is 1. The molecule has 4 aliphatic rings. The molecule has 2 aromatic rings. The van der Waals surface area contributed by atoms with Crippen LogP contribution in [0.2, 0.25) is 0 Å². The topological polar surface area (TPSA) is 143 Å². The van der Waals surface area contributed by atoms with Gasteiger partial charge in [0.05, 0.1) is 29.9 Å². The van der Waals surface area contributed by atoms with E-state index in [4.69, 9.17) is 14.6 Å². The van der Waals surface area contributed by atoms with Crippen molar-refractivity contribution in [2.75, 3.05) is 19.8 Å². The van der Waals surface area contributed by atoms with Crippen LogP contribution in [0.3, 0.4) is 0 Å². The summed E-state index contributed by atoms with van der Waals surface area (Å²) in [5.41, 5.74) is 0.826. The van der Waals surface area contributed by atoms with Crippen molar-refractivity contribution < 1.29 is 33.8 Å². The van der Waals surface area contributed by atoms with Crippen molar-refractivity contribution in [3.8, 4) is 5.75 Å². The van der Waals surface area contributed by atoms with Gasteiger partial charge in [0.25, 0.3) is 0 Å². The lowest BCUT2D eigenvalue weighted by Gasteiger charge is -2.43. The summed E-state index contributed by atoms with van der Waals surface area (Å²) < 4.78 is 10.9. The Balaban J connectivity index is 1.38. The second-order valence-corrected chi connectivity index (χ2v) is 12.3. The minimum Gasteiger partial charge on any atom is -0.482 e. The summed E-state index contributed by atoms with van der Waals surface area (Å²) >= 11 is 2.72. The number of H-pyrrole nitrogens is 1. The summed E-state index contributed by atoms with van der Waals surface area (Å²) in [5, 5.41) is 9.88. The van der Waals surface area contributed by atoms with Crippen LogP contribution in [0.4, 0.5) is 0 Å². The molecule has 1 aromatic carbocycles. The number of hydrogen-bond donors (Lipinski definition) is 2. The van der Waals surface area contributed by atoms with Crippen molar-refractivity contribution in [2.24, 2.45) is 29.6 Å². The van der Waals surface area contributed by atoms with Crippen LogP contribution < -0.4 is 9.61 Å². The number of aromatic nitrogens is 1. The molecule has 2 bridgehead atoms. The third-order valence-corrected chi connectivity index (χ3v) is 10.9. The minimum absolute atomic E-state index is 0.00159. The third kappa shape index (κ3) is 3.87. The number of nitrogens with zero attached hydrogens (tertiary/aromatic N) is 1. The molecule has 2 saturated carbocycles. The van der Waals surface area contributed by atoms with Crippen LogP contribution in [-0.2, 0) is 23.9 Å². The summed E-state index contributed by atoms with van der Waals surface area (Å²) in [6, 6.07) is 7.41. The summed E-state index contributed by atoms with van der Waals surface area (Å²) in [6.45, 7) is 1.60. The average Bonchev–Trinajstić information content (AvgIpc) is 3.61. The van der Waals surface area contributed by atoms with Crippen molar-refractivity contribution >= 4 is 46.9 Å². The Morgan fingerprint density at radius 1 is 1.13 bits per heavy atom. The number of fused-ring (bicyclic) bond motifs is 9. The van der Waals surface area contributed by atoms with E-state index in [-0.39, 0.29) is 71.8 Å². The number of carbonyl (C=O) groups is 4. The highest BCUT2D eigenvalue weighted by atomic mass is 32.2. The minimum atomic E-state index is -1.05. The number of carbonyl (C=O) groups excluding carboxylic acids is 3. The Labute approximate surface area is 225 Å². The van der Waals surface area contributed by atoms with Crippen molar-refractivity contribution in [3.63, 3.8) is 0 Å². The molecular weight excluding hydrogens is 532 g/mol. The van der Waals surface area contributed by atoms with E-state index in [2.05, 4.69) is 4.98 Å². The quantitative estimate of drug-likeness (QED) is 0.369. The van der Waals surface area contributed by atoms with E-state index in [1.807, 2.05) is 18.2 Å². The maximum atomic E-state index is 13.4. The van der Waals surface area contributed by atoms with Crippen molar-refractivity contribution in [1.82, 2.24) is 9.88 Å². The molecule has 2 aliphatic heterocycles. The second kappa shape index (κ2) is 9.57. The zero-order valence-electron chi connectivity index (χ0n) is 20.5. The lowest BCUT2D eigenvalue weighted by Crippen LogP contribution is -2.42. The lowest BCUT2D eigenvalue weighted by atomic mass is 9.68. The maximum absolute atomic E-state index is 13.4. The molecule has 1 saturated heterocycles. The van der Waals surface area contributed by atoms with E-state index < -0.39 is 23.8 Å². The van der Waals surface area contributed by atoms with Gasteiger partial charge in [0.15, 0.2) is 6.61 Å². The molecule has 3 heterocycles. The van der Waals surface area contributed by atoms with Gasteiger partial charge in [0.1, 0.15) is 5.75 Å². The van der Waals surface area contributed by atoms with E-state index >= 15 is 0 Å². The average molecular weight is 559 g/mol. The summed E-state index contributed by atoms with van der Waals surface area (Å²) in [7, 11) is 0. The van der Waals surface area contributed by atoms with Crippen LogP contribution in [-0.4, -0.2) is 63.8 Å².